The summed E-state index contributed by atoms with van der Waals surface area (Å²) in [6, 6.07) is 5.64. The lowest BCUT2D eigenvalue weighted by atomic mass is 10.1. The fourth-order valence-electron chi connectivity index (χ4n) is 3.00. The highest BCUT2D eigenvalue weighted by molar-refractivity contribution is 6.35. The molecule has 1 aromatic carbocycles. The van der Waals surface area contributed by atoms with Crippen LogP contribution in [0.2, 0.25) is 10.0 Å². The highest BCUT2D eigenvalue weighted by Gasteiger charge is 2.12. The number of aliphatic imine (C=N–C) groups is 1. The molecule has 134 valence electrons. The molecular formula is C18H28Cl2N4. The summed E-state index contributed by atoms with van der Waals surface area (Å²) in [6.07, 6.45) is 5.09. The molecule has 0 bridgehead atoms. The largest absolute Gasteiger partial charge is 0.356 e. The number of unbranched alkanes of at least 4 members (excludes halogenated alkanes) is 1. The molecule has 1 heterocycles. The van der Waals surface area contributed by atoms with Gasteiger partial charge in [0.25, 0.3) is 0 Å². The third kappa shape index (κ3) is 6.15. The number of nitrogens with one attached hydrogen (secondary N) is 2. The van der Waals surface area contributed by atoms with Crippen molar-refractivity contribution in [2.75, 3.05) is 33.2 Å². The zero-order chi connectivity index (χ0) is 17.4. The summed E-state index contributed by atoms with van der Waals surface area (Å²) >= 11 is 12.2. The third-order valence-electron chi connectivity index (χ3n) is 4.40. The summed E-state index contributed by atoms with van der Waals surface area (Å²) in [4.78, 5) is 6.84. The molecule has 0 radical (unpaired) electrons. The number of rotatable bonds is 7. The summed E-state index contributed by atoms with van der Waals surface area (Å²) in [5, 5.41) is 8.07. The van der Waals surface area contributed by atoms with E-state index in [9.17, 15) is 0 Å². The molecule has 0 aliphatic carbocycles. The second-order valence-corrected chi connectivity index (χ2v) is 7.13. The molecule has 4 nitrogen and oxygen atoms in total. The van der Waals surface area contributed by atoms with Gasteiger partial charge in [-0.05, 0) is 69.9 Å². The number of guanidine groups is 1. The Bertz CT molecular complexity index is 542. The van der Waals surface area contributed by atoms with Gasteiger partial charge in [-0.2, -0.15) is 0 Å². The summed E-state index contributed by atoms with van der Waals surface area (Å²) in [6.45, 7) is 6.75. The highest BCUT2D eigenvalue weighted by atomic mass is 35.5. The van der Waals surface area contributed by atoms with E-state index >= 15 is 0 Å². The van der Waals surface area contributed by atoms with Gasteiger partial charge in [0.1, 0.15) is 0 Å². The van der Waals surface area contributed by atoms with Crippen LogP contribution in [0.1, 0.15) is 44.2 Å². The SMILES string of the molecule is CN=C(NCCCCN1CCCC1)NC(C)c1ccc(Cl)cc1Cl. The molecular weight excluding hydrogens is 343 g/mol. The van der Waals surface area contributed by atoms with Gasteiger partial charge in [0.05, 0.1) is 6.04 Å². The van der Waals surface area contributed by atoms with Crippen molar-refractivity contribution in [2.24, 2.45) is 4.99 Å². The Kier molecular flexibility index (Phi) is 8.16. The van der Waals surface area contributed by atoms with Crippen LogP contribution >= 0.6 is 23.2 Å². The molecule has 1 aliphatic rings. The van der Waals surface area contributed by atoms with Crippen LogP contribution in [0, 0.1) is 0 Å². The molecule has 1 atom stereocenters. The van der Waals surface area contributed by atoms with E-state index in [0.717, 1.165) is 24.5 Å². The average Bonchev–Trinajstić information content (AvgIpc) is 3.06. The van der Waals surface area contributed by atoms with E-state index in [0.29, 0.717) is 10.0 Å². The Labute approximate surface area is 155 Å². The first kappa shape index (κ1) is 19.4. The number of hydrogen-bond acceptors (Lipinski definition) is 2. The Morgan fingerprint density at radius 1 is 1.25 bits per heavy atom. The van der Waals surface area contributed by atoms with E-state index in [1.54, 1.807) is 13.1 Å². The molecule has 0 spiro atoms. The number of hydrogen-bond donors (Lipinski definition) is 2. The lowest BCUT2D eigenvalue weighted by Gasteiger charge is -2.20. The fourth-order valence-corrected chi connectivity index (χ4v) is 3.58. The number of nitrogens with zero attached hydrogens (tertiary/aromatic N) is 2. The molecule has 1 aromatic rings. The topological polar surface area (TPSA) is 39.7 Å². The van der Waals surface area contributed by atoms with Crippen LogP contribution < -0.4 is 10.6 Å². The monoisotopic (exact) mass is 370 g/mol. The van der Waals surface area contributed by atoms with Gasteiger partial charge < -0.3 is 15.5 Å². The highest BCUT2D eigenvalue weighted by Crippen LogP contribution is 2.25. The molecule has 2 rings (SSSR count). The van der Waals surface area contributed by atoms with E-state index in [2.05, 4.69) is 27.4 Å². The van der Waals surface area contributed by atoms with Crippen LogP contribution in [0.4, 0.5) is 0 Å². The molecule has 24 heavy (non-hydrogen) atoms. The van der Waals surface area contributed by atoms with Crippen LogP contribution in [-0.2, 0) is 0 Å². The fraction of sp³-hybridized carbons (Fsp3) is 0.611. The van der Waals surface area contributed by atoms with Crippen LogP contribution in [0.25, 0.3) is 0 Å². The predicted molar refractivity (Wildman–Crippen MR) is 104 cm³/mol. The summed E-state index contributed by atoms with van der Waals surface area (Å²) in [7, 11) is 1.79. The minimum Gasteiger partial charge on any atom is -0.356 e. The Balaban J connectivity index is 1.71. The maximum Gasteiger partial charge on any atom is 0.191 e. The number of likely N-dealkylation sites (tertiary alicyclic amines) is 1. The Morgan fingerprint density at radius 2 is 2.00 bits per heavy atom. The van der Waals surface area contributed by atoms with E-state index in [4.69, 9.17) is 23.2 Å². The first-order valence-corrected chi connectivity index (χ1v) is 9.50. The molecule has 2 N–H and O–H groups in total. The first-order chi connectivity index (χ1) is 11.6. The van der Waals surface area contributed by atoms with Gasteiger partial charge in [-0.1, -0.05) is 29.3 Å². The van der Waals surface area contributed by atoms with Crippen molar-refractivity contribution in [3.05, 3.63) is 33.8 Å². The van der Waals surface area contributed by atoms with Crippen molar-refractivity contribution in [1.29, 1.82) is 0 Å². The van der Waals surface area contributed by atoms with Crippen molar-refractivity contribution in [3.8, 4) is 0 Å². The van der Waals surface area contributed by atoms with Crippen LogP contribution in [0.5, 0.6) is 0 Å². The first-order valence-electron chi connectivity index (χ1n) is 8.74. The van der Waals surface area contributed by atoms with Crippen molar-refractivity contribution in [2.45, 2.75) is 38.6 Å². The van der Waals surface area contributed by atoms with Crippen molar-refractivity contribution >= 4 is 29.2 Å². The third-order valence-corrected chi connectivity index (χ3v) is 4.96. The summed E-state index contributed by atoms with van der Waals surface area (Å²) in [5.74, 6) is 0.801. The minimum atomic E-state index is 0.0607. The standard InChI is InChI=1S/C18H28Cl2N4/c1-14(16-8-7-15(19)13-17(16)20)23-18(21-2)22-9-3-4-10-24-11-5-6-12-24/h7-8,13-14H,3-6,9-12H2,1-2H3,(H2,21,22,23). The average molecular weight is 371 g/mol. The molecule has 1 saturated heterocycles. The predicted octanol–water partition coefficient (Wildman–Crippen LogP) is 4.10. The normalized spacial score (nSPS) is 17.1. The number of halogens is 2. The van der Waals surface area contributed by atoms with Crippen LogP contribution in [0.3, 0.4) is 0 Å². The summed E-state index contributed by atoms with van der Waals surface area (Å²) in [5.41, 5.74) is 1.01. The van der Waals surface area contributed by atoms with Gasteiger partial charge in [0, 0.05) is 23.6 Å². The van der Waals surface area contributed by atoms with E-state index < -0.39 is 0 Å². The van der Waals surface area contributed by atoms with Gasteiger partial charge >= 0.3 is 0 Å². The van der Waals surface area contributed by atoms with Crippen molar-refractivity contribution in [3.63, 3.8) is 0 Å². The van der Waals surface area contributed by atoms with Gasteiger partial charge in [-0.3, -0.25) is 4.99 Å². The van der Waals surface area contributed by atoms with Gasteiger partial charge in [-0.15, -0.1) is 0 Å². The summed E-state index contributed by atoms with van der Waals surface area (Å²) < 4.78 is 0. The van der Waals surface area contributed by atoms with Gasteiger partial charge in [-0.25, -0.2) is 0 Å². The Morgan fingerprint density at radius 3 is 2.67 bits per heavy atom. The number of benzene rings is 1. The maximum atomic E-state index is 6.27. The van der Waals surface area contributed by atoms with Gasteiger partial charge in [0.15, 0.2) is 5.96 Å². The van der Waals surface area contributed by atoms with E-state index in [1.165, 1.54) is 38.9 Å². The minimum absolute atomic E-state index is 0.0607. The molecule has 6 heteroatoms. The smallest absolute Gasteiger partial charge is 0.191 e. The molecule has 1 aliphatic heterocycles. The van der Waals surface area contributed by atoms with Crippen molar-refractivity contribution in [1.82, 2.24) is 15.5 Å². The quantitative estimate of drug-likeness (QED) is 0.431. The molecule has 0 aromatic heterocycles. The van der Waals surface area contributed by atoms with Crippen molar-refractivity contribution < 1.29 is 0 Å². The van der Waals surface area contributed by atoms with E-state index in [1.807, 2.05) is 12.1 Å². The molecule has 0 amide bonds. The zero-order valence-corrected chi connectivity index (χ0v) is 16.1. The van der Waals surface area contributed by atoms with Crippen LogP contribution in [-0.4, -0.2) is 44.1 Å². The lowest BCUT2D eigenvalue weighted by Crippen LogP contribution is -2.39. The molecule has 1 fully saturated rings. The maximum absolute atomic E-state index is 6.27. The van der Waals surface area contributed by atoms with Gasteiger partial charge in [0.2, 0.25) is 0 Å². The molecule has 1 unspecified atom stereocenters. The lowest BCUT2D eigenvalue weighted by molar-refractivity contribution is 0.330. The van der Waals surface area contributed by atoms with E-state index in [-0.39, 0.29) is 6.04 Å². The zero-order valence-electron chi connectivity index (χ0n) is 14.6. The second kappa shape index (κ2) is 10.1. The van der Waals surface area contributed by atoms with Crippen LogP contribution in [0.15, 0.2) is 23.2 Å². The second-order valence-electron chi connectivity index (χ2n) is 6.29. The molecule has 0 saturated carbocycles. The Hall–Kier alpha value is -0.970.